The average Bonchev–Trinajstić information content (AvgIpc) is 3.42. The number of benzene rings is 1. The van der Waals surface area contributed by atoms with Crippen LogP contribution in [-0.2, 0) is 27.2 Å². The van der Waals surface area contributed by atoms with Gasteiger partial charge in [-0.3, -0.25) is 14.6 Å². The Morgan fingerprint density at radius 1 is 1.16 bits per heavy atom. The molecule has 1 aromatic rings. The number of aldehydes is 1. The Labute approximate surface area is 190 Å². The fourth-order valence-electron chi connectivity index (χ4n) is 4.09. The van der Waals surface area contributed by atoms with Crippen molar-refractivity contribution in [2.45, 2.75) is 57.9 Å². The molecule has 0 atom stereocenters. The van der Waals surface area contributed by atoms with E-state index in [0.717, 1.165) is 55.8 Å². The number of hydrogen-bond donors (Lipinski definition) is 4. The summed E-state index contributed by atoms with van der Waals surface area (Å²) >= 11 is 0. The lowest BCUT2D eigenvalue weighted by Gasteiger charge is -2.30. The maximum absolute atomic E-state index is 13.2. The predicted molar refractivity (Wildman–Crippen MR) is 124 cm³/mol. The summed E-state index contributed by atoms with van der Waals surface area (Å²) in [7, 11) is 0. The minimum atomic E-state index is -0.979. The number of carbonyl (C=O) groups is 3. The van der Waals surface area contributed by atoms with E-state index in [1.165, 1.54) is 0 Å². The molecule has 1 aromatic carbocycles. The third-order valence-corrected chi connectivity index (χ3v) is 6.09. The number of nitrogens with zero attached hydrogens (tertiary/aromatic N) is 1. The van der Waals surface area contributed by atoms with Crippen molar-refractivity contribution < 1.29 is 14.4 Å². The second kappa shape index (κ2) is 10.6. The summed E-state index contributed by atoms with van der Waals surface area (Å²) in [5, 5.41) is 12.5. The van der Waals surface area contributed by atoms with Crippen LogP contribution in [-0.4, -0.2) is 55.8 Å². The van der Waals surface area contributed by atoms with Crippen LogP contribution in [0.4, 0.5) is 0 Å². The Hall–Kier alpha value is -2.90. The summed E-state index contributed by atoms with van der Waals surface area (Å²) in [5.74, 6) is 0.501. The Morgan fingerprint density at radius 3 is 2.47 bits per heavy atom. The van der Waals surface area contributed by atoms with Crippen molar-refractivity contribution in [2.75, 3.05) is 26.2 Å². The monoisotopic (exact) mass is 441 g/mol. The highest BCUT2D eigenvalue weighted by molar-refractivity contribution is 5.93. The quantitative estimate of drug-likeness (QED) is 0.303. The predicted octanol–water partition coefficient (Wildman–Crippen LogP) is 1.09. The molecule has 0 bridgehead atoms. The number of fused-ring (bicyclic) bond motifs is 1. The molecular formula is C24H35N5O3. The second-order valence-corrected chi connectivity index (χ2v) is 9.41. The number of amides is 2. The zero-order valence-electron chi connectivity index (χ0n) is 19.1. The third kappa shape index (κ3) is 6.31. The van der Waals surface area contributed by atoms with Gasteiger partial charge >= 0.3 is 0 Å². The van der Waals surface area contributed by atoms with E-state index in [-0.39, 0.29) is 18.2 Å². The van der Waals surface area contributed by atoms with Crippen molar-refractivity contribution in [2.24, 2.45) is 10.4 Å². The Balaban J connectivity index is 1.53. The number of guanidine groups is 1. The first-order chi connectivity index (χ1) is 15.3. The van der Waals surface area contributed by atoms with Crippen LogP contribution in [0.15, 0.2) is 29.3 Å². The van der Waals surface area contributed by atoms with E-state index in [2.05, 4.69) is 26.3 Å². The summed E-state index contributed by atoms with van der Waals surface area (Å²) < 4.78 is 0. The number of carbonyl (C=O) groups excluding carboxylic acids is 3. The van der Waals surface area contributed by atoms with Crippen LogP contribution in [0.3, 0.4) is 0 Å². The van der Waals surface area contributed by atoms with E-state index in [0.29, 0.717) is 25.8 Å². The van der Waals surface area contributed by atoms with Crippen LogP contribution < -0.4 is 21.3 Å². The zero-order valence-corrected chi connectivity index (χ0v) is 19.1. The lowest BCUT2D eigenvalue weighted by atomic mass is 9.88. The smallest absolute Gasteiger partial charge is 0.246 e. The van der Waals surface area contributed by atoms with Gasteiger partial charge in [0.2, 0.25) is 11.8 Å². The SMILES string of the molecule is CC(C)(C=O)CCC(=O)NC1(C(=O)NCCCCNC2=NCCN2)Cc2ccccc2C1. The maximum atomic E-state index is 13.2. The second-order valence-electron chi connectivity index (χ2n) is 9.41. The van der Waals surface area contributed by atoms with Crippen molar-refractivity contribution in [1.82, 2.24) is 21.3 Å². The normalized spacial score (nSPS) is 16.5. The maximum Gasteiger partial charge on any atom is 0.246 e. The molecule has 0 spiro atoms. The van der Waals surface area contributed by atoms with Gasteiger partial charge in [-0.15, -0.1) is 0 Å². The van der Waals surface area contributed by atoms with Crippen LogP contribution in [0.5, 0.6) is 0 Å². The molecule has 0 aromatic heterocycles. The van der Waals surface area contributed by atoms with Gasteiger partial charge < -0.3 is 26.1 Å². The van der Waals surface area contributed by atoms with Gasteiger partial charge in [0.05, 0.1) is 6.54 Å². The lowest BCUT2D eigenvalue weighted by molar-refractivity contribution is -0.133. The van der Waals surface area contributed by atoms with Crippen molar-refractivity contribution in [3.8, 4) is 0 Å². The number of hydrogen-bond acceptors (Lipinski definition) is 6. The number of nitrogens with one attached hydrogen (secondary N) is 4. The number of rotatable bonds is 11. The van der Waals surface area contributed by atoms with Gasteiger partial charge in [-0.1, -0.05) is 38.1 Å². The Morgan fingerprint density at radius 2 is 1.84 bits per heavy atom. The van der Waals surface area contributed by atoms with Crippen molar-refractivity contribution in [3.05, 3.63) is 35.4 Å². The van der Waals surface area contributed by atoms with Crippen LogP contribution >= 0.6 is 0 Å². The van der Waals surface area contributed by atoms with E-state index in [9.17, 15) is 14.4 Å². The molecule has 2 aliphatic rings. The molecule has 8 heteroatoms. The van der Waals surface area contributed by atoms with E-state index in [4.69, 9.17) is 0 Å². The molecule has 3 rings (SSSR count). The van der Waals surface area contributed by atoms with Crippen LogP contribution in [0.25, 0.3) is 0 Å². The highest BCUT2D eigenvalue weighted by Gasteiger charge is 2.44. The molecule has 1 aliphatic carbocycles. The van der Waals surface area contributed by atoms with Gasteiger partial charge in [0.25, 0.3) is 0 Å². The van der Waals surface area contributed by atoms with E-state index >= 15 is 0 Å². The van der Waals surface area contributed by atoms with Crippen LogP contribution in [0.2, 0.25) is 0 Å². The van der Waals surface area contributed by atoms with Gasteiger partial charge in [-0.05, 0) is 30.4 Å². The van der Waals surface area contributed by atoms with Gasteiger partial charge in [0, 0.05) is 44.3 Å². The van der Waals surface area contributed by atoms with Gasteiger partial charge in [-0.25, -0.2) is 0 Å². The number of aliphatic imine (C=N–C) groups is 1. The minimum absolute atomic E-state index is 0.147. The minimum Gasteiger partial charge on any atom is -0.356 e. The summed E-state index contributed by atoms with van der Waals surface area (Å²) in [6.45, 7) is 6.65. The summed E-state index contributed by atoms with van der Waals surface area (Å²) in [4.78, 5) is 41.4. The Kier molecular flexibility index (Phi) is 7.88. The van der Waals surface area contributed by atoms with E-state index in [1.807, 2.05) is 38.1 Å². The molecule has 32 heavy (non-hydrogen) atoms. The molecule has 0 saturated heterocycles. The highest BCUT2D eigenvalue weighted by Crippen LogP contribution is 2.31. The first-order valence-corrected chi connectivity index (χ1v) is 11.5. The molecule has 2 amide bonds. The van der Waals surface area contributed by atoms with Crippen LogP contribution in [0, 0.1) is 5.41 Å². The largest absolute Gasteiger partial charge is 0.356 e. The molecule has 174 valence electrons. The Bertz CT molecular complexity index is 840. The fourth-order valence-corrected chi connectivity index (χ4v) is 4.09. The highest BCUT2D eigenvalue weighted by atomic mass is 16.2. The number of unbranched alkanes of at least 4 members (excludes halogenated alkanes) is 1. The molecular weight excluding hydrogens is 406 g/mol. The van der Waals surface area contributed by atoms with Gasteiger partial charge in [0.15, 0.2) is 5.96 Å². The molecule has 0 radical (unpaired) electrons. The molecule has 8 nitrogen and oxygen atoms in total. The molecule has 1 heterocycles. The van der Waals surface area contributed by atoms with Gasteiger partial charge in [-0.2, -0.15) is 0 Å². The average molecular weight is 442 g/mol. The van der Waals surface area contributed by atoms with E-state index in [1.54, 1.807) is 0 Å². The third-order valence-electron chi connectivity index (χ3n) is 6.09. The van der Waals surface area contributed by atoms with Crippen molar-refractivity contribution in [1.29, 1.82) is 0 Å². The lowest BCUT2D eigenvalue weighted by Crippen LogP contribution is -2.59. The van der Waals surface area contributed by atoms with Crippen molar-refractivity contribution >= 4 is 24.1 Å². The van der Waals surface area contributed by atoms with Crippen molar-refractivity contribution in [3.63, 3.8) is 0 Å². The first-order valence-electron chi connectivity index (χ1n) is 11.5. The molecule has 1 aliphatic heterocycles. The first kappa shape index (κ1) is 23.8. The molecule has 0 unspecified atom stereocenters. The van der Waals surface area contributed by atoms with Gasteiger partial charge in [0.1, 0.15) is 11.8 Å². The zero-order chi connectivity index (χ0) is 23.0. The molecule has 0 saturated carbocycles. The standard InChI is InChI=1S/C24H35N5O3/c1-23(2,17-30)10-9-20(31)29-24(15-18-7-3-4-8-19(18)16-24)21(32)25-11-5-6-12-26-22-27-13-14-28-22/h3-4,7-8,17H,5-6,9-16H2,1-2H3,(H,25,32)(H,29,31)(H2,26,27,28). The molecule has 0 fully saturated rings. The summed E-state index contributed by atoms with van der Waals surface area (Å²) in [6, 6.07) is 7.93. The van der Waals surface area contributed by atoms with E-state index < -0.39 is 11.0 Å². The van der Waals surface area contributed by atoms with Crippen LogP contribution in [0.1, 0.15) is 50.7 Å². The topological polar surface area (TPSA) is 112 Å². The fraction of sp³-hybridized carbons (Fsp3) is 0.583. The summed E-state index contributed by atoms with van der Waals surface area (Å²) in [6.07, 6.45) is 4.22. The summed E-state index contributed by atoms with van der Waals surface area (Å²) in [5.41, 5.74) is 0.640. The molecule has 4 N–H and O–H groups in total.